The molecule has 0 saturated carbocycles. The molecule has 0 radical (unpaired) electrons. The minimum atomic E-state index is 0.519. The second-order valence-corrected chi connectivity index (χ2v) is 2.84. The topological polar surface area (TPSA) is 36.3 Å². The van der Waals surface area contributed by atoms with E-state index in [4.69, 9.17) is 10.1 Å². The summed E-state index contributed by atoms with van der Waals surface area (Å²) in [6, 6.07) is 7.62. The lowest BCUT2D eigenvalue weighted by molar-refractivity contribution is 0.415. The van der Waals surface area contributed by atoms with Crippen LogP contribution < -0.4 is 9.64 Å². The van der Waals surface area contributed by atoms with Crippen molar-refractivity contribution in [2.45, 2.75) is 6.92 Å². The maximum Gasteiger partial charge on any atom is 0.119 e. The molecule has 13 heavy (non-hydrogen) atoms. The molecular formula is C10H14N2O. The minimum Gasteiger partial charge on any atom is -0.497 e. The van der Waals surface area contributed by atoms with Crippen molar-refractivity contribution in [3.05, 3.63) is 24.3 Å². The van der Waals surface area contributed by atoms with E-state index in [2.05, 4.69) is 0 Å². The first-order valence-corrected chi connectivity index (χ1v) is 4.08. The number of amidine groups is 1. The molecule has 0 unspecified atom stereocenters. The Morgan fingerprint density at radius 3 is 2.23 bits per heavy atom. The minimum absolute atomic E-state index is 0.519. The quantitative estimate of drug-likeness (QED) is 0.556. The van der Waals surface area contributed by atoms with E-state index in [1.807, 2.05) is 31.3 Å². The average Bonchev–Trinajstić information content (AvgIpc) is 2.17. The van der Waals surface area contributed by atoms with Crippen LogP contribution in [0.3, 0.4) is 0 Å². The Bertz CT molecular complexity index is 292. The lowest BCUT2D eigenvalue weighted by Crippen LogP contribution is -2.21. The van der Waals surface area contributed by atoms with E-state index in [1.54, 1.807) is 18.9 Å². The van der Waals surface area contributed by atoms with Crippen LogP contribution in [0.2, 0.25) is 0 Å². The van der Waals surface area contributed by atoms with Gasteiger partial charge in [0.15, 0.2) is 0 Å². The molecule has 0 aliphatic heterocycles. The Morgan fingerprint density at radius 2 is 1.85 bits per heavy atom. The zero-order valence-corrected chi connectivity index (χ0v) is 8.16. The van der Waals surface area contributed by atoms with Crippen LogP contribution >= 0.6 is 0 Å². The van der Waals surface area contributed by atoms with Gasteiger partial charge in [-0.05, 0) is 31.2 Å². The average molecular weight is 178 g/mol. The molecule has 0 saturated heterocycles. The molecule has 1 aromatic rings. The van der Waals surface area contributed by atoms with Gasteiger partial charge in [-0.2, -0.15) is 0 Å². The van der Waals surface area contributed by atoms with Crippen molar-refractivity contribution < 1.29 is 4.74 Å². The van der Waals surface area contributed by atoms with E-state index < -0.39 is 0 Å². The predicted octanol–water partition coefficient (Wildman–Crippen LogP) is 2.13. The molecule has 0 fully saturated rings. The fraction of sp³-hybridized carbons (Fsp3) is 0.300. The summed E-state index contributed by atoms with van der Waals surface area (Å²) < 4.78 is 5.04. The van der Waals surface area contributed by atoms with Crippen molar-refractivity contribution in [2.24, 2.45) is 0 Å². The van der Waals surface area contributed by atoms with Crippen molar-refractivity contribution in [1.29, 1.82) is 5.41 Å². The summed E-state index contributed by atoms with van der Waals surface area (Å²) in [5.74, 6) is 1.35. The molecule has 0 aromatic heterocycles. The summed E-state index contributed by atoms with van der Waals surface area (Å²) >= 11 is 0. The predicted molar refractivity (Wildman–Crippen MR) is 54.8 cm³/mol. The molecule has 0 aliphatic rings. The first-order chi connectivity index (χ1) is 6.15. The van der Waals surface area contributed by atoms with Gasteiger partial charge in [-0.1, -0.05) is 0 Å². The van der Waals surface area contributed by atoms with Crippen LogP contribution in [-0.2, 0) is 0 Å². The van der Waals surface area contributed by atoms with E-state index in [-0.39, 0.29) is 0 Å². The number of anilines is 1. The number of rotatable bonds is 2. The third-order valence-electron chi connectivity index (χ3n) is 1.96. The molecule has 1 rings (SSSR count). The maximum atomic E-state index is 7.43. The van der Waals surface area contributed by atoms with Crippen molar-refractivity contribution in [2.75, 3.05) is 19.1 Å². The fourth-order valence-electron chi connectivity index (χ4n) is 0.999. The first-order valence-electron chi connectivity index (χ1n) is 4.08. The SMILES string of the molecule is COc1ccc(N(C)C(C)=N)cc1. The molecule has 0 heterocycles. The van der Waals surface area contributed by atoms with Crippen LogP contribution in [0.1, 0.15) is 6.92 Å². The zero-order chi connectivity index (χ0) is 9.84. The maximum absolute atomic E-state index is 7.43. The van der Waals surface area contributed by atoms with Crippen molar-refractivity contribution >= 4 is 11.5 Å². The molecule has 0 bridgehead atoms. The smallest absolute Gasteiger partial charge is 0.119 e. The van der Waals surface area contributed by atoms with Gasteiger partial charge in [-0.3, -0.25) is 5.41 Å². The highest BCUT2D eigenvalue weighted by Crippen LogP contribution is 2.17. The summed E-state index contributed by atoms with van der Waals surface area (Å²) in [5.41, 5.74) is 0.994. The van der Waals surface area contributed by atoms with Gasteiger partial charge in [0, 0.05) is 12.7 Å². The number of nitrogens with one attached hydrogen (secondary N) is 1. The van der Waals surface area contributed by atoms with Gasteiger partial charge < -0.3 is 9.64 Å². The van der Waals surface area contributed by atoms with Crippen molar-refractivity contribution in [3.63, 3.8) is 0 Å². The van der Waals surface area contributed by atoms with Crippen LogP contribution in [0.4, 0.5) is 5.69 Å². The first kappa shape index (κ1) is 9.58. The highest BCUT2D eigenvalue weighted by molar-refractivity contribution is 5.93. The number of hydrogen-bond acceptors (Lipinski definition) is 2. The monoisotopic (exact) mass is 178 g/mol. The summed E-state index contributed by atoms with van der Waals surface area (Å²) in [7, 11) is 3.50. The Labute approximate surface area is 78.4 Å². The lowest BCUT2D eigenvalue weighted by Gasteiger charge is -2.17. The van der Waals surface area contributed by atoms with Gasteiger partial charge >= 0.3 is 0 Å². The third-order valence-corrected chi connectivity index (χ3v) is 1.96. The highest BCUT2D eigenvalue weighted by Gasteiger charge is 2.01. The van der Waals surface area contributed by atoms with Crippen LogP contribution in [-0.4, -0.2) is 20.0 Å². The van der Waals surface area contributed by atoms with Crippen LogP contribution in [0.25, 0.3) is 0 Å². The molecule has 1 aromatic carbocycles. The second-order valence-electron chi connectivity index (χ2n) is 2.84. The molecule has 0 amide bonds. The zero-order valence-electron chi connectivity index (χ0n) is 8.16. The Hall–Kier alpha value is -1.51. The van der Waals surface area contributed by atoms with Gasteiger partial charge in [-0.25, -0.2) is 0 Å². The third kappa shape index (κ3) is 2.21. The number of ether oxygens (including phenoxy) is 1. The summed E-state index contributed by atoms with van der Waals surface area (Å²) in [4.78, 5) is 1.80. The molecule has 3 nitrogen and oxygen atoms in total. The molecule has 0 atom stereocenters. The van der Waals surface area contributed by atoms with E-state index >= 15 is 0 Å². The van der Waals surface area contributed by atoms with Gasteiger partial charge in [0.25, 0.3) is 0 Å². The number of nitrogens with zero attached hydrogens (tertiary/aromatic N) is 1. The summed E-state index contributed by atoms with van der Waals surface area (Å²) in [6.07, 6.45) is 0. The number of hydrogen-bond donors (Lipinski definition) is 1. The van der Waals surface area contributed by atoms with Crippen LogP contribution in [0.5, 0.6) is 5.75 Å². The Kier molecular flexibility index (Phi) is 2.90. The van der Waals surface area contributed by atoms with Crippen LogP contribution in [0, 0.1) is 5.41 Å². The largest absolute Gasteiger partial charge is 0.497 e. The van der Waals surface area contributed by atoms with Crippen molar-refractivity contribution in [3.8, 4) is 5.75 Å². The standard InChI is InChI=1S/C10H14N2O/c1-8(11)12(2)9-4-6-10(13-3)7-5-9/h4-7,11H,1-3H3. The van der Waals surface area contributed by atoms with Crippen molar-refractivity contribution in [1.82, 2.24) is 0 Å². The molecule has 0 spiro atoms. The number of benzene rings is 1. The highest BCUT2D eigenvalue weighted by atomic mass is 16.5. The Morgan fingerprint density at radius 1 is 1.31 bits per heavy atom. The molecule has 0 aliphatic carbocycles. The number of methoxy groups -OCH3 is 1. The molecule has 1 N–H and O–H groups in total. The lowest BCUT2D eigenvalue weighted by atomic mass is 10.3. The summed E-state index contributed by atoms with van der Waals surface area (Å²) in [5, 5.41) is 7.43. The second kappa shape index (κ2) is 3.94. The van der Waals surface area contributed by atoms with Gasteiger partial charge in [0.1, 0.15) is 5.75 Å². The van der Waals surface area contributed by atoms with E-state index in [9.17, 15) is 0 Å². The van der Waals surface area contributed by atoms with E-state index in [0.717, 1.165) is 11.4 Å². The molecular weight excluding hydrogens is 164 g/mol. The van der Waals surface area contributed by atoms with Gasteiger partial charge in [0.2, 0.25) is 0 Å². The van der Waals surface area contributed by atoms with E-state index in [0.29, 0.717) is 5.84 Å². The van der Waals surface area contributed by atoms with Crippen LogP contribution in [0.15, 0.2) is 24.3 Å². The normalized spacial score (nSPS) is 9.46. The fourth-order valence-corrected chi connectivity index (χ4v) is 0.999. The van der Waals surface area contributed by atoms with Gasteiger partial charge in [0.05, 0.1) is 12.9 Å². The summed E-state index contributed by atoms with van der Waals surface area (Å²) in [6.45, 7) is 1.75. The molecule has 70 valence electrons. The Balaban J connectivity index is 2.85. The van der Waals surface area contributed by atoms with E-state index in [1.165, 1.54) is 0 Å². The molecule has 3 heteroatoms. The van der Waals surface area contributed by atoms with Gasteiger partial charge in [-0.15, -0.1) is 0 Å².